The largest absolute Gasteiger partial charge is 0.457 e. The standard InChI is InChI=1S/C32H45NO7/c1-4-5-6-7-8-15-20-37-32-29(33-24(2)34)31(38-22-27-18-13-10-14-19-27)30(39-25(3)35)28(40-32)23-36-21-26-16-11-9-12-17-26/h9-14,16-19,28-32H,4-8,15,20-23H2,1-3H3,(H,33,34)/t28-,29-,30-,31-,32-/m1/s1. The Hall–Kier alpha value is -2.78. The monoisotopic (exact) mass is 555 g/mol. The van der Waals surface area contributed by atoms with E-state index in [0.717, 1.165) is 30.4 Å². The number of carbonyl (C=O) groups is 2. The topological polar surface area (TPSA) is 92.3 Å². The second-order valence-corrected chi connectivity index (χ2v) is 10.2. The van der Waals surface area contributed by atoms with Gasteiger partial charge in [0.15, 0.2) is 12.4 Å². The Kier molecular flexibility index (Phi) is 14.1. The molecule has 0 aromatic heterocycles. The highest BCUT2D eigenvalue weighted by molar-refractivity contribution is 5.73. The van der Waals surface area contributed by atoms with Crippen molar-refractivity contribution in [2.45, 2.75) is 103 Å². The number of hydrogen-bond donors (Lipinski definition) is 1. The van der Waals surface area contributed by atoms with Gasteiger partial charge >= 0.3 is 5.97 Å². The Morgan fingerprint density at radius 1 is 0.800 bits per heavy atom. The summed E-state index contributed by atoms with van der Waals surface area (Å²) < 4.78 is 30.8. The molecular formula is C32H45NO7. The normalized spacial score (nSPS) is 22.5. The molecule has 1 fully saturated rings. The summed E-state index contributed by atoms with van der Waals surface area (Å²) in [6.07, 6.45) is 3.76. The maximum Gasteiger partial charge on any atom is 0.303 e. The van der Waals surface area contributed by atoms with Crippen molar-refractivity contribution >= 4 is 11.9 Å². The Morgan fingerprint density at radius 3 is 2.05 bits per heavy atom. The Labute approximate surface area is 238 Å². The first kappa shape index (κ1) is 31.7. The fraction of sp³-hybridized carbons (Fsp3) is 0.562. The summed E-state index contributed by atoms with van der Waals surface area (Å²) in [5.74, 6) is -0.724. The molecule has 1 aliphatic heterocycles. The number of unbranched alkanes of at least 4 members (excludes halogenated alkanes) is 5. The summed E-state index contributed by atoms with van der Waals surface area (Å²) in [6, 6.07) is 18.9. The van der Waals surface area contributed by atoms with Gasteiger partial charge in [-0.3, -0.25) is 9.59 Å². The minimum Gasteiger partial charge on any atom is -0.457 e. The van der Waals surface area contributed by atoms with E-state index < -0.39 is 36.6 Å². The average Bonchev–Trinajstić information content (AvgIpc) is 2.94. The lowest BCUT2D eigenvalue weighted by atomic mass is 9.96. The van der Waals surface area contributed by atoms with Gasteiger partial charge in [-0.1, -0.05) is 99.7 Å². The van der Waals surface area contributed by atoms with E-state index in [2.05, 4.69) is 12.2 Å². The fourth-order valence-electron chi connectivity index (χ4n) is 4.82. The van der Waals surface area contributed by atoms with Gasteiger partial charge in [0.25, 0.3) is 0 Å². The van der Waals surface area contributed by atoms with Crippen LogP contribution in [0.1, 0.15) is 70.4 Å². The van der Waals surface area contributed by atoms with Crippen molar-refractivity contribution in [2.24, 2.45) is 0 Å². The Bertz CT molecular complexity index is 987. The first-order valence-electron chi connectivity index (χ1n) is 14.5. The van der Waals surface area contributed by atoms with Crippen molar-refractivity contribution in [3.05, 3.63) is 71.8 Å². The van der Waals surface area contributed by atoms with Gasteiger partial charge in [0.05, 0.1) is 19.8 Å². The lowest BCUT2D eigenvalue weighted by Crippen LogP contribution is -2.66. The third kappa shape index (κ3) is 11.0. The zero-order chi connectivity index (χ0) is 28.6. The zero-order valence-electron chi connectivity index (χ0n) is 24.1. The molecule has 0 unspecified atom stereocenters. The lowest BCUT2D eigenvalue weighted by molar-refractivity contribution is -0.284. The number of benzene rings is 2. The number of hydrogen-bond acceptors (Lipinski definition) is 7. The highest BCUT2D eigenvalue weighted by atomic mass is 16.7. The number of rotatable bonds is 17. The van der Waals surface area contributed by atoms with E-state index in [9.17, 15) is 9.59 Å². The summed E-state index contributed by atoms with van der Waals surface area (Å²) >= 11 is 0. The van der Waals surface area contributed by atoms with Crippen molar-refractivity contribution < 1.29 is 33.3 Å². The number of nitrogens with one attached hydrogen (secondary N) is 1. The predicted octanol–water partition coefficient (Wildman–Crippen LogP) is 5.33. The van der Waals surface area contributed by atoms with Crippen molar-refractivity contribution in [3.63, 3.8) is 0 Å². The van der Waals surface area contributed by atoms with Crippen LogP contribution in [-0.4, -0.2) is 55.7 Å². The van der Waals surface area contributed by atoms with Crippen molar-refractivity contribution in [2.75, 3.05) is 13.2 Å². The van der Waals surface area contributed by atoms with E-state index in [1.807, 2.05) is 60.7 Å². The number of ether oxygens (including phenoxy) is 5. The Balaban J connectivity index is 1.77. The summed E-state index contributed by atoms with van der Waals surface area (Å²) in [5.41, 5.74) is 1.98. The highest BCUT2D eigenvalue weighted by Crippen LogP contribution is 2.29. The van der Waals surface area contributed by atoms with Crippen LogP contribution >= 0.6 is 0 Å². The first-order chi connectivity index (χ1) is 19.5. The summed E-state index contributed by atoms with van der Waals surface area (Å²) in [5, 5.41) is 2.95. The molecular weight excluding hydrogens is 510 g/mol. The van der Waals surface area contributed by atoms with Gasteiger partial charge in [0, 0.05) is 20.5 Å². The molecule has 0 radical (unpaired) electrons. The smallest absolute Gasteiger partial charge is 0.303 e. The molecule has 40 heavy (non-hydrogen) atoms. The molecule has 1 amide bonds. The molecule has 1 heterocycles. The van der Waals surface area contributed by atoms with Crippen LogP contribution in [0, 0.1) is 0 Å². The predicted molar refractivity (Wildman–Crippen MR) is 152 cm³/mol. The quantitative estimate of drug-likeness (QED) is 0.208. The third-order valence-electron chi connectivity index (χ3n) is 6.78. The Morgan fingerprint density at radius 2 is 1.43 bits per heavy atom. The van der Waals surface area contributed by atoms with Crippen LogP contribution in [0.25, 0.3) is 0 Å². The van der Waals surface area contributed by atoms with E-state index in [4.69, 9.17) is 23.7 Å². The van der Waals surface area contributed by atoms with Gasteiger partial charge in [0.2, 0.25) is 5.91 Å². The van der Waals surface area contributed by atoms with Gasteiger partial charge < -0.3 is 29.0 Å². The van der Waals surface area contributed by atoms with Crippen molar-refractivity contribution in [3.8, 4) is 0 Å². The van der Waals surface area contributed by atoms with E-state index in [1.165, 1.54) is 33.1 Å². The summed E-state index contributed by atoms with van der Waals surface area (Å²) in [7, 11) is 0. The van der Waals surface area contributed by atoms with Crippen LogP contribution in [0.2, 0.25) is 0 Å². The second kappa shape index (κ2) is 17.8. The molecule has 0 bridgehead atoms. The molecule has 0 saturated carbocycles. The van der Waals surface area contributed by atoms with Gasteiger partial charge in [0.1, 0.15) is 18.2 Å². The van der Waals surface area contributed by atoms with Crippen LogP contribution in [0.4, 0.5) is 0 Å². The lowest BCUT2D eigenvalue weighted by Gasteiger charge is -2.45. The molecule has 0 spiro atoms. The van der Waals surface area contributed by atoms with Crippen LogP contribution < -0.4 is 5.32 Å². The van der Waals surface area contributed by atoms with E-state index in [1.54, 1.807) is 0 Å². The van der Waals surface area contributed by atoms with E-state index >= 15 is 0 Å². The van der Waals surface area contributed by atoms with Crippen molar-refractivity contribution in [1.29, 1.82) is 0 Å². The minimum absolute atomic E-state index is 0.154. The molecule has 2 aromatic carbocycles. The third-order valence-corrected chi connectivity index (χ3v) is 6.78. The highest BCUT2D eigenvalue weighted by Gasteiger charge is 2.49. The molecule has 1 N–H and O–H groups in total. The SMILES string of the molecule is CCCCCCCCO[C@@H]1O[C@H](COCc2ccccc2)[C@@H](OC(C)=O)[C@H](OCc2ccccc2)[C@H]1NC(C)=O. The number of esters is 1. The van der Waals surface area contributed by atoms with Crippen LogP contribution in [0.15, 0.2) is 60.7 Å². The molecule has 8 heteroatoms. The van der Waals surface area contributed by atoms with E-state index in [-0.39, 0.29) is 19.1 Å². The van der Waals surface area contributed by atoms with Crippen molar-refractivity contribution in [1.82, 2.24) is 5.32 Å². The molecule has 2 aromatic rings. The molecule has 1 aliphatic rings. The maximum absolute atomic E-state index is 12.3. The molecule has 220 valence electrons. The molecule has 3 rings (SSSR count). The number of amides is 1. The van der Waals surface area contributed by atoms with Crippen LogP contribution in [0.5, 0.6) is 0 Å². The van der Waals surface area contributed by atoms with E-state index in [0.29, 0.717) is 13.2 Å². The summed E-state index contributed by atoms with van der Waals surface area (Å²) in [6.45, 7) is 6.27. The molecule has 8 nitrogen and oxygen atoms in total. The maximum atomic E-state index is 12.3. The van der Waals surface area contributed by atoms with Crippen LogP contribution in [0.3, 0.4) is 0 Å². The fourth-order valence-corrected chi connectivity index (χ4v) is 4.82. The van der Waals surface area contributed by atoms with Crippen LogP contribution in [-0.2, 0) is 46.5 Å². The molecule has 5 atom stereocenters. The summed E-state index contributed by atoms with van der Waals surface area (Å²) in [4.78, 5) is 24.5. The molecule has 1 saturated heterocycles. The first-order valence-corrected chi connectivity index (χ1v) is 14.5. The zero-order valence-corrected chi connectivity index (χ0v) is 24.1. The average molecular weight is 556 g/mol. The van der Waals surface area contributed by atoms with Gasteiger partial charge in [-0.2, -0.15) is 0 Å². The van der Waals surface area contributed by atoms with Gasteiger partial charge in [-0.05, 0) is 17.5 Å². The van der Waals surface area contributed by atoms with Gasteiger partial charge in [-0.25, -0.2) is 0 Å². The van der Waals surface area contributed by atoms with Gasteiger partial charge in [-0.15, -0.1) is 0 Å². The number of carbonyl (C=O) groups excluding carboxylic acids is 2. The minimum atomic E-state index is -0.817. The molecule has 0 aliphatic carbocycles. The second-order valence-electron chi connectivity index (χ2n) is 10.2.